The van der Waals surface area contributed by atoms with Crippen molar-refractivity contribution >= 4 is 15.8 Å². The van der Waals surface area contributed by atoms with E-state index in [1.807, 2.05) is 4.90 Å². The van der Waals surface area contributed by atoms with E-state index in [1.165, 1.54) is 0 Å². The molecule has 0 radical (unpaired) electrons. The van der Waals surface area contributed by atoms with Crippen LogP contribution in [0.2, 0.25) is 0 Å². The van der Waals surface area contributed by atoms with Gasteiger partial charge in [-0.1, -0.05) is 0 Å². The van der Waals surface area contributed by atoms with Gasteiger partial charge in [0.25, 0.3) is 0 Å². The number of nitrogens with zero attached hydrogens (tertiary/aromatic N) is 1. The molecule has 0 aromatic heterocycles. The molecule has 1 saturated heterocycles. The predicted octanol–water partition coefficient (Wildman–Crippen LogP) is -0.174. The number of rotatable bonds is 5. The molecular formula is C9H17NO4S. The third-order valence-electron chi connectivity index (χ3n) is 2.72. The number of hydrogen-bond acceptors (Lipinski definition) is 4. The molecule has 1 aliphatic heterocycles. The highest BCUT2D eigenvalue weighted by Gasteiger charge is 2.32. The van der Waals surface area contributed by atoms with Crippen molar-refractivity contribution in [2.75, 3.05) is 25.4 Å². The van der Waals surface area contributed by atoms with E-state index in [-0.39, 0.29) is 16.9 Å². The second-order valence-electron chi connectivity index (χ2n) is 4.21. The van der Waals surface area contributed by atoms with Crippen molar-refractivity contribution in [1.82, 2.24) is 4.90 Å². The van der Waals surface area contributed by atoms with E-state index < -0.39 is 15.8 Å². The molecule has 0 aromatic rings. The number of likely N-dealkylation sites (tertiary alicyclic amines) is 1. The lowest BCUT2D eigenvalue weighted by atomic mass is 10.0. The van der Waals surface area contributed by atoms with Gasteiger partial charge in [0, 0.05) is 19.6 Å². The smallest absolute Gasteiger partial charge is 0.309 e. The summed E-state index contributed by atoms with van der Waals surface area (Å²) in [7, 11) is -3.00. The molecule has 0 amide bonds. The van der Waals surface area contributed by atoms with Crippen molar-refractivity contribution in [2.45, 2.75) is 19.1 Å². The van der Waals surface area contributed by atoms with Crippen molar-refractivity contribution in [1.29, 1.82) is 0 Å². The van der Waals surface area contributed by atoms with Crippen LogP contribution in [0.5, 0.6) is 0 Å². The van der Waals surface area contributed by atoms with Gasteiger partial charge in [0.05, 0.1) is 16.9 Å². The molecule has 5 nitrogen and oxygen atoms in total. The van der Waals surface area contributed by atoms with E-state index in [1.54, 1.807) is 13.8 Å². The first-order valence-corrected chi connectivity index (χ1v) is 6.71. The summed E-state index contributed by atoms with van der Waals surface area (Å²) in [6, 6.07) is 0. The highest BCUT2D eigenvalue weighted by Crippen LogP contribution is 2.15. The predicted molar refractivity (Wildman–Crippen MR) is 56.5 cm³/mol. The van der Waals surface area contributed by atoms with Crippen LogP contribution in [0.3, 0.4) is 0 Å². The lowest BCUT2D eigenvalue weighted by molar-refractivity contribution is -0.147. The average Bonchev–Trinajstić information content (AvgIpc) is 1.99. The lowest BCUT2D eigenvalue weighted by Gasteiger charge is -2.36. The van der Waals surface area contributed by atoms with Crippen LogP contribution in [0.15, 0.2) is 0 Å². The summed E-state index contributed by atoms with van der Waals surface area (Å²) in [6.45, 7) is 4.72. The Morgan fingerprint density at radius 3 is 2.40 bits per heavy atom. The van der Waals surface area contributed by atoms with Gasteiger partial charge in [-0.15, -0.1) is 0 Å². The molecule has 0 atom stereocenters. The van der Waals surface area contributed by atoms with Gasteiger partial charge >= 0.3 is 5.97 Å². The summed E-state index contributed by atoms with van der Waals surface area (Å²) >= 11 is 0. The Hall–Kier alpha value is -0.620. The normalized spacial score (nSPS) is 19.1. The molecule has 0 spiro atoms. The van der Waals surface area contributed by atoms with Crippen LogP contribution in [-0.4, -0.2) is 55.0 Å². The van der Waals surface area contributed by atoms with E-state index in [2.05, 4.69) is 0 Å². The van der Waals surface area contributed by atoms with Crippen LogP contribution in [0.25, 0.3) is 0 Å². The molecule has 1 aliphatic rings. The largest absolute Gasteiger partial charge is 0.481 e. The Bertz CT molecular complexity index is 330. The fraction of sp³-hybridized carbons (Fsp3) is 0.889. The summed E-state index contributed by atoms with van der Waals surface area (Å²) in [5, 5.41) is 8.27. The monoisotopic (exact) mass is 235 g/mol. The molecule has 1 heterocycles. The molecule has 1 N–H and O–H groups in total. The van der Waals surface area contributed by atoms with Crippen LogP contribution in [0.4, 0.5) is 0 Å². The molecule has 0 aromatic carbocycles. The van der Waals surface area contributed by atoms with Gasteiger partial charge in [0.1, 0.15) is 0 Å². The van der Waals surface area contributed by atoms with E-state index in [0.29, 0.717) is 19.6 Å². The van der Waals surface area contributed by atoms with Crippen LogP contribution in [0.1, 0.15) is 13.8 Å². The van der Waals surface area contributed by atoms with Crippen molar-refractivity contribution in [3.8, 4) is 0 Å². The topological polar surface area (TPSA) is 74.7 Å². The highest BCUT2D eigenvalue weighted by atomic mass is 32.2. The molecule has 0 bridgehead atoms. The number of aliphatic carboxylic acids is 1. The van der Waals surface area contributed by atoms with Gasteiger partial charge in [-0.2, -0.15) is 0 Å². The Balaban J connectivity index is 2.27. The van der Waals surface area contributed by atoms with Crippen molar-refractivity contribution in [3.63, 3.8) is 0 Å². The van der Waals surface area contributed by atoms with E-state index in [4.69, 9.17) is 5.11 Å². The summed E-state index contributed by atoms with van der Waals surface area (Å²) in [4.78, 5) is 12.4. The zero-order valence-electron chi connectivity index (χ0n) is 9.01. The highest BCUT2D eigenvalue weighted by molar-refractivity contribution is 7.92. The number of carbonyl (C=O) groups is 1. The van der Waals surface area contributed by atoms with Crippen LogP contribution < -0.4 is 0 Å². The van der Waals surface area contributed by atoms with Crippen molar-refractivity contribution < 1.29 is 18.3 Å². The Labute approximate surface area is 90.0 Å². The van der Waals surface area contributed by atoms with Gasteiger partial charge in [0.2, 0.25) is 0 Å². The maximum absolute atomic E-state index is 11.4. The maximum Gasteiger partial charge on any atom is 0.309 e. The van der Waals surface area contributed by atoms with Crippen LogP contribution >= 0.6 is 0 Å². The number of carboxylic acids is 1. The van der Waals surface area contributed by atoms with Crippen molar-refractivity contribution in [3.05, 3.63) is 0 Å². The first-order chi connectivity index (χ1) is 6.83. The molecule has 15 heavy (non-hydrogen) atoms. The minimum absolute atomic E-state index is 0.122. The zero-order valence-corrected chi connectivity index (χ0v) is 9.83. The van der Waals surface area contributed by atoms with Crippen LogP contribution in [-0.2, 0) is 14.6 Å². The summed E-state index contributed by atoms with van der Waals surface area (Å²) in [5.74, 6) is -0.985. The van der Waals surface area contributed by atoms with E-state index in [0.717, 1.165) is 0 Å². The van der Waals surface area contributed by atoms with E-state index in [9.17, 15) is 13.2 Å². The van der Waals surface area contributed by atoms with Gasteiger partial charge in [-0.25, -0.2) is 8.42 Å². The Morgan fingerprint density at radius 1 is 1.47 bits per heavy atom. The molecule has 0 saturated carbocycles. The Kier molecular flexibility index (Phi) is 3.72. The van der Waals surface area contributed by atoms with Crippen molar-refractivity contribution in [2.24, 2.45) is 5.92 Å². The Morgan fingerprint density at radius 2 is 2.00 bits per heavy atom. The SMILES string of the molecule is CC(C)S(=O)(=O)CCN1CC(C(=O)O)C1. The number of carboxylic acid groups (broad SMARTS) is 1. The minimum Gasteiger partial charge on any atom is -0.481 e. The number of hydrogen-bond donors (Lipinski definition) is 1. The first-order valence-electron chi connectivity index (χ1n) is 4.99. The summed E-state index contributed by atoms with van der Waals surface area (Å²) < 4.78 is 22.9. The van der Waals surface area contributed by atoms with Gasteiger partial charge in [-0.3, -0.25) is 4.79 Å². The number of sulfone groups is 1. The summed E-state index contributed by atoms with van der Waals surface area (Å²) in [6.07, 6.45) is 0. The third kappa shape index (κ3) is 3.17. The molecule has 1 fully saturated rings. The third-order valence-corrected chi connectivity index (χ3v) is 4.90. The molecule has 6 heteroatoms. The molecule has 0 aliphatic carbocycles. The quantitative estimate of drug-likeness (QED) is 0.716. The fourth-order valence-electron chi connectivity index (χ4n) is 1.40. The van der Waals surface area contributed by atoms with Gasteiger partial charge in [0.15, 0.2) is 9.84 Å². The van der Waals surface area contributed by atoms with Gasteiger partial charge in [-0.05, 0) is 13.8 Å². The first kappa shape index (κ1) is 12.4. The lowest BCUT2D eigenvalue weighted by Crippen LogP contribution is -2.51. The molecular weight excluding hydrogens is 218 g/mol. The fourth-order valence-corrected chi connectivity index (χ4v) is 2.38. The second kappa shape index (κ2) is 4.49. The second-order valence-corrected chi connectivity index (χ2v) is 6.89. The zero-order chi connectivity index (χ0) is 11.6. The van der Waals surface area contributed by atoms with Gasteiger partial charge < -0.3 is 10.0 Å². The summed E-state index contributed by atoms with van der Waals surface area (Å²) in [5.41, 5.74) is 0. The minimum atomic E-state index is -3.00. The molecule has 0 unspecified atom stereocenters. The molecule has 88 valence electrons. The van der Waals surface area contributed by atoms with Crippen LogP contribution in [0, 0.1) is 5.92 Å². The molecule has 1 rings (SSSR count). The maximum atomic E-state index is 11.4. The standard InChI is InChI=1S/C9H17NO4S/c1-7(2)15(13,14)4-3-10-5-8(6-10)9(11)12/h7-8H,3-6H2,1-2H3,(H,11,12). The average molecular weight is 235 g/mol. The van der Waals surface area contributed by atoms with E-state index >= 15 is 0 Å².